The van der Waals surface area contributed by atoms with Gasteiger partial charge in [0, 0.05) is 18.8 Å². The van der Waals surface area contributed by atoms with Crippen molar-refractivity contribution < 1.29 is 17.9 Å². The number of aryl methyl sites for hydroxylation is 2. The third kappa shape index (κ3) is 7.57. The van der Waals surface area contributed by atoms with Gasteiger partial charge < -0.3 is 4.74 Å². The molecule has 2 aliphatic carbocycles. The molecule has 1 saturated carbocycles. The highest BCUT2D eigenvalue weighted by Gasteiger charge is 2.44. The Balaban J connectivity index is 1.15. The molecule has 1 fully saturated rings. The zero-order valence-corrected chi connectivity index (χ0v) is 21.4. The minimum atomic E-state index is -3.22. The van der Waals surface area contributed by atoms with Crippen molar-refractivity contribution in [2.45, 2.75) is 90.1 Å². The maximum atomic E-state index is 14.7. The molecule has 1 aromatic carbocycles. The van der Waals surface area contributed by atoms with Crippen LogP contribution >= 0.6 is 0 Å². The summed E-state index contributed by atoms with van der Waals surface area (Å²) in [5.74, 6) is 1.32. The van der Waals surface area contributed by atoms with Crippen molar-refractivity contribution in [2.24, 2.45) is 23.7 Å². The molecule has 0 bridgehead atoms. The molecule has 0 radical (unpaired) electrons. The monoisotopic (exact) mass is 500 g/mol. The van der Waals surface area contributed by atoms with E-state index in [9.17, 15) is 13.2 Å². The molecule has 0 aliphatic heterocycles. The fourth-order valence-corrected chi connectivity index (χ4v) is 5.78. The third-order valence-electron chi connectivity index (χ3n) is 7.94. The van der Waals surface area contributed by atoms with E-state index in [1.807, 2.05) is 12.4 Å². The summed E-state index contributed by atoms with van der Waals surface area (Å²) in [6.45, 7) is 2.16. The molecule has 36 heavy (non-hydrogen) atoms. The zero-order chi connectivity index (χ0) is 25.4. The number of halogens is 3. The molecule has 0 amide bonds. The lowest BCUT2D eigenvalue weighted by atomic mass is 9.71. The molecular formula is C30H39F3N2O. The molecule has 0 spiro atoms. The molecule has 0 saturated heterocycles. The summed E-state index contributed by atoms with van der Waals surface area (Å²) in [5.41, 5.74) is 1.21. The SMILES string of the molecule is CCCc1cnc(CCCCC2C=CC(C3CCC(C(F)(F)Oc4ccc(F)cc4)CC3)CC2)nc1. The summed E-state index contributed by atoms with van der Waals surface area (Å²) in [5, 5.41) is 0. The van der Waals surface area contributed by atoms with Crippen molar-refractivity contribution in [2.75, 3.05) is 0 Å². The Labute approximate surface area is 213 Å². The van der Waals surface area contributed by atoms with Crippen LogP contribution in [0.4, 0.5) is 13.2 Å². The molecule has 0 N–H and O–H groups in total. The van der Waals surface area contributed by atoms with E-state index in [1.165, 1.54) is 37.0 Å². The van der Waals surface area contributed by atoms with Gasteiger partial charge >= 0.3 is 6.11 Å². The fourth-order valence-electron chi connectivity index (χ4n) is 5.78. The number of hydrogen-bond donors (Lipinski definition) is 0. The highest BCUT2D eigenvalue weighted by atomic mass is 19.3. The number of rotatable bonds is 11. The van der Waals surface area contributed by atoms with Crippen LogP contribution in [0.15, 0.2) is 48.8 Å². The quantitative estimate of drug-likeness (QED) is 0.230. The van der Waals surface area contributed by atoms with Gasteiger partial charge in [-0.25, -0.2) is 14.4 Å². The van der Waals surface area contributed by atoms with Gasteiger partial charge in [0.2, 0.25) is 0 Å². The molecule has 2 atom stereocenters. The third-order valence-corrected chi connectivity index (χ3v) is 7.94. The van der Waals surface area contributed by atoms with Gasteiger partial charge in [0.1, 0.15) is 17.4 Å². The Bertz CT molecular complexity index is 953. The molecule has 6 heteroatoms. The second kappa shape index (κ2) is 12.7. The normalized spacial score (nSPS) is 24.6. The van der Waals surface area contributed by atoms with E-state index in [1.54, 1.807) is 0 Å². The second-order valence-corrected chi connectivity index (χ2v) is 10.6. The Morgan fingerprint density at radius 1 is 0.889 bits per heavy atom. The zero-order valence-electron chi connectivity index (χ0n) is 21.4. The van der Waals surface area contributed by atoms with Crippen LogP contribution in [0.5, 0.6) is 5.75 Å². The summed E-state index contributed by atoms with van der Waals surface area (Å²) in [7, 11) is 0. The predicted molar refractivity (Wildman–Crippen MR) is 136 cm³/mol. The first-order chi connectivity index (χ1) is 17.4. The van der Waals surface area contributed by atoms with Gasteiger partial charge in [0.05, 0.1) is 5.92 Å². The van der Waals surface area contributed by atoms with Crippen molar-refractivity contribution in [1.82, 2.24) is 9.97 Å². The lowest BCUT2D eigenvalue weighted by molar-refractivity contribution is -0.224. The number of ether oxygens (including phenoxy) is 1. The van der Waals surface area contributed by atoms with Gasteiger partial charge in [-0.3, -0.25) is 0 Å². The van der Waals surface area contributed by atoms with Crippen LogP contribution in [0.25, 0.3) is 0 Å². The number of aromatic nitrogens is 2. The molecule has 196 valence electrons. The predicted octanol–water partition coefficient (Wildman–Crippen LogP) is 8.34. The van der Waals surface area contributed by atoms with Gasteiger partial charge in [-0.05, 0) is 105 Å². The topological polar surface area (TPSA) is 35.0 Å². The van der Waals surface area contributed by atoms with Crippen LogP contribution in [0.1, 0.15) is 82.5 Å². The summed E-state index contributed by atoms with van der Waals surface area (Å²) < 4.78 is 47.4. The molecule has 2 aromatic rings. The molecule has 1 aromatic heterocycles. The largest absolute Gasteiger partial charge is 0.432 e. The first-order valence-electron chi connectivity index (χ1n) is 13.7. The molecule has 2 unspecified atom stereocenters. The Morgan fingerprint density at radius 2 is 1.61 bits per heavy atom. The van der Waals surface area contributed by atoms with Gasteiger partial charge in [-0.15, -0.1) is 0 Å². The van der Waals surface area contributed by atoms with E-state index >= 15 is 0 Å². The van der Waals surface area contributed by atoms with Crippen LogP contribution in [-0.2, 0) is 12.8 Å². The van der Waals surface area contributed by atoms with Crippen LogP contribution in [0.2, 0.25) is 0 Å². The van der Waals surface area contributed by atoms with E-state index in [2.05, 4.69) is 29.0 Å². The summed E-state index contributed by atoms with van der Waals surface area (Å²) >= 11 is 0. The number of benzene rings is 1. The van der Waals surface area contributed by atoms with Crippen molar-refractivity contribution in [3.05, 3.63) is 66.0 Å². The number of allylic oxidation sites excluding steroid dienone is 2. The molecule has 2 aliphatic rings. The number of alkyl halides is 2. The van der Waals surface area contributed by atoms with Crippen LogP contribution in [0, 0.1) is 29.5 Å². The van der Waals surface area contributed by atoms with Crippen LogP contribution in [0.3, 0.4) is 0 Å². The summed E-state index contributed by atoms with van der Waals surface area (Å²) in [6.07, 6.45) is 16.9. The van der Waals surface area contributed by atoms with Crippen molar-refractivity contribution in [1.29, 1.82) is 0 Å². The lowest BCUT2D eigenvalue weighted by Crippen LogP contribution is -2.38. The standard InChI is InChI=1S/C30H39F3N2O/c1-2-5-23-20-34-29(35-21-23)7-4-3-6-22-8-10-24(11-9-22)25-12-14-26(15-13-25)30(32,33)36-28-18-16-27(31)17-19-28/h8,10,16-22,24-26H,2-7,9,11-15H2,1H3. The highest BCUT2D eigenvalue weighted by molar-refractivity contribution is 5.22. The van der Waals surface area contributed by atoms with Crippen molar-refractivity contribution >= 4 is 0 Å². The van der Waals surface area contributed by atoms with Crippen molar-refractivity contribution in [3.63, 3.8) is 0 Å². The number of hydrogen-bond acceptors (Lipinski definition) is 3. The Hall–Kier alpha value is -2.37. The summed E-state index contributed by atoms with van der Waals surface area (Å²) in [4.78, 5) is 8.99. The maximum absolute atomic E-state index is 14.7. The van der Waals surface area contributed by atoms with E-state index < -0.39 is 17.8 Å². The fraction of sp³-hybridized carbons (Fsp3) is 0.600. The smallest absolute Gasteiger partial charge is 0.400 e. The highest BCUT2D eigenvalue weighted by Crippen LogP contribution is 2.44. The van der Waals surface area contributed by atoms with Crippen LogP contribution < -0.4 is 4.74 Å². The molecule has 4 rings (SSSR count). The minimum Gasteiger partial charge on any atom is -0.432 e. The Morgan fingerprint density at radius 3 is 2.25 bits per heavy atom. The molecular weight excluding hydrogens is 461 g/mol. The van der Waals surface area contributed by atoms with Crippen molar-refractivity contribution in [3.8, 4) is 5.75 Å². The first kappa shape index (κ1) is 26.7. The minimum absolute atomic E-state index is 0.0159. The van der Waals surface area contributed by atoms with Gasteiger partial charge in [-0.2, -0.15) is 8.78 Å². The first-order valence-corrected chi connectivity index (χ1v) is 13.7. The van der Waals surface area contributed by atoms with E-state index in [-0.39, 0.29) is 5.75 Å². The average Bonchev–Trinajstić information content (AvgIpc) is 2.89. The summed E-state index contributed by atoms with van der Waals surface area (Å²) in [6, 6.07) is 4.81. The van der Waals surface area contributed by atoms with E-state index in [4.69, 9.17) is 4.74 Å². The molecule has 3 nitrogen and oxygen atoms in total. The average molecular weight is 501 g/mol. The molecule has 1 heterocycles. The number of nitrogens with zero attached hydrogens (tertiary/aromatic N) is 2. The maximum Gasteiger partial charge on any atom is 0.400 e. The van der Waals surface area contributed by atoms with Gasteiger partial charge in [0.25, 0.3) is 0 Å². The van der Waals surface area contributed by atoms with Gasteiger partial charge in [0.15, 0.2) is 0 Å². The Kier molecular flexibility index (Phi) is 9.44. The van der Waals surface area contributed by atoms with Crippen LogP contribution in [-0.4, -0.2) is 16.1 Å². The lowest BCUT2D eigenvalue weighted by Gasteiger charge is -2.37. The van der Waals surface area contributed by atoms with E-state index in [0.717, 1.165) is 62.9 Å². The van der Waals surface area contributed by atoms with E-state index in [0.29, 0.717) is 30.6 Å². The number of unbranched alkanes of at least 4 members (excludes halogenated alkanes) is 1. The second-order valence-electron chi connectivity index (χ2n) is 10.6. The van der Waals surface area contributed by atoms with Gasteiger partial charge in [-0.1, -0.05) is 31.9 Å².